The zero-order valence-corrected chi connectivity index (χ0v) is 10.6. The van der Waals surface area contributed by atoms with Gasteiger partial charge >= 0.3 is 5.97 Å². The molecule has 0 amide bonds. The average Bonchev–Trinajstić information content (AvgIpc) is 2.87. The molecule has 6 nitrogen and oxygen atoms in total. The van der Waals surface area contributed by atoms with Crippen molar-refractivity contribution in [2.75, 3.05) is 26.9 Å². The summed E-state index contributed by atoms with van der Waals surface area (Å²) in [4.78, 5) is 16.2. The summed E-state index contributed by atoms with van der Waals surface area (Å²) in [6.07, 6.45) is 1.89. The third-order valence-corrected chi connectivity index (χ3v) is 3.19. The SMILES string of the molecule is COC(=O)c1nc(C2COCCN2)n2ccccc12. The number of methoxy groups -OCH3 is 1. The minimum Gasteiger partial charge on any atom is -0.464 e. The highest BCUT2D eigenvalue weighted by Gasteiger charge is 2.24. The molecule has 3 heterocycles. The van der Waals surface area contributed by atoms with Crippen LogP contribution >= 0.6 is 0 Å². The van der Waals surface area contributed by atoms with E-state index in [1.54, 1.807) is 0 Å². The minimum absolute atomic E-state index is 0.0120. The number of esters is 1. The molecule has 1 aliphatic heterocycles. The lowest BCUT2D eigenvalue weighted by Gasteiger charge is -2.22. The molecule has 1 aliphatic rings. The molecule has 0 aromatic carbocycles. The number of carbonyl (C=O) groups is 1. The van der Waals surface area contributed by atoms with Gasteiger partial charge in [-0.25, -0.2) is 9.78 Å². The first-order valence-electron chi connectivity index (χ1n) is 6.17. The molecule has 1 atom stereocenters. The fourth-order valence-corrected chi connectivity index (χ4v) is 2.29. The van der Waals surface area contributed by atoms with Crippen LogP contribution in [0.2, 0.25) is 0 Å². The van der Waals surface area contributed by atoms with Crippen molar-refractivity contribution < 1.29 is 14.3 Å². The Morgan fingerprint density at radius 3 is 3.21 bits per heavy atom. The zero-order chi connectivity index (χ0) is 13.2. The first-order chi connectivity index (χ1) is 9.31. The number of rotatable bonds is 2. The lowest BCUT2D eigenvalue weighted by atomic mass is 10.2. The van der Waals surface area contributed by atoms with Crippen molar-refractivity contribution in [3.05, 3.63) is 35.9 Å². The fourth-order valence-electron chi connectivity index (χ4n) is 2.29. The first kappa shape index (κ1) is 12.1. The summed E-state index contributed by atoms with van der Waals surface area (Å²) >= 11 is 0. The minimum atomic E-state index is -0.424. The summed E-state index contributed by atoms with van der Waals surface area (Å²) < 4.78 is 12.1. The number of aromatic nitrogens is 2. The standard InChI is InChI=1S/C13H15N3O3/c1-18-13(17)11-10-4-2-3-6-16(10)12(15-11)9-8-19-7-5-14-9/h2-4,6,9,14H,5,7-8H2,1H3. The van der Waals surface area contributed by atoms with E-state index < -0.39 is 5.97 Å². The van der Waals surface area contributed by atoms with Crippen LogP contribution < -0.4 is 5.32 Å². The Kier molecular flexibility index (Phi) is 3.18. The third kappa shape index (κ3) is 2.09. The van der Waals surface area contributed by atoms with Crippen molar-refractivity contribution in [2.24, 2.45) is 0 Å². The van der Waals surface area contributed by atoms with Gasteiger partial charge < -0.3 is 19.2 Å². The zero-order valence-electron chi connectivity index (χ0n) is 10.6. The second-order valence-electron chi connectivity index (χ2n) is 4.35. The highest BCUT2D eigenvalue weighted by Crippen LogP contribution is 2.20. The maximum atomic E-state index is 11.8. The molecule has 1 saturated heterocycles. The van der Waals surface area contributed by atoms with Crippen LogP contribution in [0.5, 0.6) is 0 Å². The fraction of sp³-hybridized carbons (Fsp3) is 0.385. The summed E-state index contributed by atoms with van der Waals surface area (Å²) in [6.45, 7) is 2.03. The van der Waals surface area contributed by atoms with Crippen molar-refractivity contribution in [3.8, 4) is 0 Å². The lowest BCUT2D eigenvalue weighted by molar-refractivity contribution is 0.0594. The Labute approximate surface area is 110 Å². The summed E-state index contributed by atoms with van der Waals surface area (Å²) in [5.74, 6) is 0.349. The van der Waals surface area contributed by atoms with E-state index in [9.17, 15) is 4.79 Å². The predicted molar refractivity (Wildman–Crippen MR) is 68.1 cm³/mol. The second kappa shape index (κ2) is 4.99. The first-order valence-corrected chi connectivity index (χ1v) is 6.17. The van der Waals surface area contributed by atoms with E-state index >= 15 is 0 Å². The number of morpholine rings is 1. The number of nitrogens with one attached hydrogen (secondary N) is 1. The largest absolute Gasteiger partial charge is 0.464 e. The molecule has 1 unspecified atom stereocenters. The van der Waals surface area contributed by atoms with E-state index in [2.05, 4.69) is 10.3 Å². The molecular formula is C13H15N3O3. The summed E-state index contributed by atoms with van der Waals surface area (Å²) in [6, 6.07) is 5.62. The van der Waals surface area contributed by atoms with Gasteiger partial charge in [0, 0.05) is 12.7 Å². The van der Waals surface area contributed by atoms with Crippen molar-refractivity contribution in [3.63, 3.8) is 0 Å². The van der Waals surface area contributed by atoms with E-state index in [0.717, 1.165) is 17.9 Å². The number of hydrogen-bond donors (Lipinski definition) is 1. The van der Waals surface area contributed by atoms with Crippen LogP contribution in [0.25, 0.3) is 5.52 Å². The molecule has 2 aromatic heterocycles. The third-order valence-electron chi connectivity index (χ3n) is 3.19. The number of imidazole rings is 1. The maximum absolute atomic E-state index is 11.8. The van der Waals surface area contributed by atoms with Crippen LogP contribution in [0.4, 0.5) is 0 Å². The van der Waals surface area contributed by atoms with Gasteiger partial charge in [0.2, 0.25) is 0 Å². The van der Waals surface area contributed by atoms with Crippen molar-refractivity contribution >= 4 is 11.5 Å². The number of nitrogens with zero attached hydrogens (tertiary/aromatic N) is 2. The molecule has 1 N–H and O–H groups in total. The number of carbonyl (C=O) groups excluding carboxylic acids is 1. The van der Waals surface area contributed by atoms with Gasteiger partial charge in [-0.15, -0.1) is 0 Å². The van der Waals surface area contributed by atoms with Gasteiger partial charge in [-0.1, -0.05) is 6.07 Å². The van der Waals surface area contributed by atoms with E-state index in [4.69, 9.17) is 9.47 Å². The molecule has 100 valence electrons. The summed E-state index contributed by atoms with van der Waals surface area (Å²) in [5.41, 5.74) is 1.09. The van der Waals surface area contributed by atoms with Gasteiger partial charge in [-0.2, -0.15) is 0 Å². The number of pyridine rings is 1. The topological polar surface area (TPSA) is 64.9 Å². The highest BCUT2D eigenvalue weighted by molar-refractivity contribution is 5.95. The van der Waals surface area contributed by atoms with Gasteiger partial charge in [0.05, 0.1) is 31.9 Å². The molecule has 0 saturated carbocycles. The molecule has 1 fully saturated rings. The van der Waals surface area contributed by atoms with Crippen LogP contribution in [0.3, 0.4) is 0 Å². The molecule has 0 bridgehead atoms. The van der Waals surface area contributed by atoms with E-state index in [0.29, 0.717) is 18.9 Å². The normalized spacial score (nSPS) is 19.5. The van der Waals surface area contributed by atoms with Crippen molar-refractivity contribution in [2.45, 2.75) is 6.04 Å². The Morgan fingerprint density at radius 1 is 1.58 bits per heavy atom. The van der Waals surface area contributed by atoms with Gasteiger partial charge in [-0.05, 0) is 12.1 Å². The van der Waals surface area contributed by atoms with Crippen LogP contribution in [0, 0.1) is 0 Å². The predicted octanol–water partition coefficient (Wildman–Crippen LogP) is 0.782. The Hall–Kier alpha value is -1.92. The maximum Gasteiger partial charge on any atom is 0.358 e. The summed E-state index contributed by atoms with van der Waals surface area (Å²) in [5, 5.41) is 3.34. The average molecular weight is 261 g/mol. The van der Waals surface area contributed by atoms with Crippen LogP contribution in [-0.4, -0.2) is 42.2 Å². The van der Waals surface area contributed by atoms with Gasteiger partial charge in [-0.3, -0.25) is 0 Å². The molecule has 3 rings (SSSR count). The molecular weight excluding hydrogens is 246 g/mol. The molecule has 2 aromatic rings. The van der Waals surface area contributed by atoms with Crippen LogP contribution in [0.1, 0.15) is 22.4 Å². The Balaban J connectivity index is 2.11. The highest BCUT2D eigenvalue weighted by atomic mass is 16.5. The van der Waals surface area contributed by atoms with Gasteiger partial charge in [0.1, 0.15) is 5.82 Å². The number of hydrogen-bond acceptors (Lipinski definition) is 5. The van der Waals surface area contributed by atoms with E-state index in [-0.39, 0.29) is 6.04 Å². The van der Waals surface area contributed by atoms with E-state index in [1.807, 2.05) is 28.8 Å². The van der Waals surface area contributed by atoms with E-state index in [1.165, 1.54) is 7.11 Å². The van der Waals surface area contributed by atoms with Crippen molar-refractivity contribution in [1.82, 2.24) is 14.7 Å². The molecule has 0 aliphatic carbocycles. The van der Waals surface area contributed by atoms with Crippen LogP contribution in [-0.2, 0) is 9.47 Å². The lowest BCUT2D eigenvalue weighted by Crippen LogP contribution is -2.35. The molecule has 6 heteroatoms. The van der Waals surface area contributed by atoms with Gasteiger partial charge in [0.25, 0.3) is 0 Å². The Bertz CT molecular complexity index is 602. The quantitative estimate of drug-likeness (QED) is 0.809. The second-order valence-corrected chi connectivity index (χ2v) is 4.35. The number of ether oxygens (including phenoxy) is 2. The summed E-state index contributed by atoms with van der Waals surface area (Å²) in [7, 11) is 1.36. The molecule has 0 radical (unpaired) electrons. The van der Waals surface area contributed by atoms with Crippen molar-refractivity contribution in [1.29, 1.82) is 0 Å². The molecule has 19 heavy (non-hydrogen) atoms. The monoisotopic (exact) mass is 261 g/mol. The Morgan fingerprint density at radius 2 is 2.47 bits per heavy atom. The number of fused-ring (bicyclic) bond motifs is 1. The van der Waals surface area contributed by atoms with Gasteiger partial charge in [0.15, 0.2) is 5.69 Å². The molecule has 0 spiro atoms. The van der Waals surface area contributed by atoms with Crippen LogP contribution in [0.15, 0.2) is 24.4 Å². The smallest absolute Gasteiger partial charge is 0.358 e.